The highest BCUT2D eigenvalue weighted by Gasteiger charge is 2.24. The lowest BCUT2D eigenvalue weighted by atomic mass is 10.1. The van der Waals surface area contributed by atoms with E-state index in [0.29, 0.717) is 6.54 Å². The molecule has 1 aliphatic rings. The lowest BCUT2D eigenvalue weighted by molar-refractivity contribution is -0.121. The second kappa shape index (κ2) is 8.49. The molecule has 2 rings (SSSR count). The highest BCUT2D eigenvalue weighted by atomic mass is 32.2. The van der Waals surface area contributed by atoms with Gasteiger partial charge in [0.05, 0.1) is 18.1 Å². The van der Waals surface area contributed by atoms with Crippen LogP contribution < -0.4 is 5.32 Å². The maximum atomic E-state index is 11.9. The van der Waals surface area contributed by atoms with Gasteiger partial charge in [-0.3, -0.25) is 9.69 Å². The zero-order valence-corrected chi connectivity index (χ0v) is 14.5. The molecule has 130 valence electrons. The van der Waals surface area contributed by atoms with Crippen molar-refractivity contribution in [1.82, 2.24) is 10.2 Å². The molecular weight excluding hydrogens is 316 g/mol. The largest absolute Gasteiger partial charge is 0.468 e. The van der Waals surface area contributed by atoms with Crippen molar-refractivity contribution in [3.63, 3.8) is 0 Å². The van der Waals surface area contributed by atoms with Crippen LogP contribution in [0, 0.1) is 0 Å². The number of carbonyl (C=O) groups is 1. The molecule has 0 spiro atoms. The van der Waals surface area contributed by atoms with E-state index in [1.54, 1.807) is 6.26 Å². The summed E-state index contributed by atoms with van der Waals surface area (Å²) in [5, 5.41) is 2.86. The smallest absolute Gasteiger partial charge is 0.221 e. The second-order valence-corrected chi connectivity index (χ2v) is 8.43. The van der Waals surface area contributed by atoms with E-state index in [1.165, 1.54) is 12.8 Å². The first kappa shape index (κ1) is 18.0. The molecule has 1 saturated heterocycles. The molecule has 0 radical (unpaired) electrons. The number of amides is 1. The van der Waals surface area contributed by atoms with E-state index in [0.717, 1.165) is 37.9 Å². The van der Waals surface area contributed by atoms with Crippen LogP contribution >= 0.6 is 0 Å². The van der Waals surface area contributed by atoms with Gasteiger partial charge in [-0.15, -0.1) is 0 Å². The van der Waals surface area contributed by atoms with Gasteiger partial charge >= 0.3 is 0 Å². The summed E-state index contributed by atoms with van der Waals surface area (Å²) in [5.74, 6) is 0.491. The van der Waals surface area contributed by atoms with Crippen LogP contribution in [0.1, 0.15) is 43.9 Å². The Bertz CT molecular complexity index is 575. The van der Waals surface area contributed by atoms with Gasteiger partial charge in [-0.1, -0.05) is 12.8 Å². The van der Waals surface area contributed by atoms with E-state index in [-0.39, 0.29) is 24.1 Å². The van der Waals surface area contributed by atoms with Gasteiger partial charge in [-0.05, 0) is 38.1 Å². The molecule has 0 aliphatic carbocycles. The second-order valence-electron chi connectivity index (χ2n) is 6.17. The monoisotopic (exact) mass is 342 g/mol. The zero-order chi connectivity index (χ0) is 16.7. The van der Waals surface area contributed by atoms with E-state index in [4.69, 9.17) is 4.42 Å². The van der Waals surface area contributed by atoms with Gasteiger partial charge in [0.2, 0.25) is 5.91 Å². The van der Waals surface area contributed by atoms with Crippen LogP contribution in [0.3, 0.4) is 0 Å². The van der Waals surface area contributed by atoms with Crippen molar-refractivity contribution in [2.45, 2.75) is 38.1 Å². The summed E-state index contributed by atoms with van der Waals surface area (Å²) >= 11 is 0. The Kier molecular flexibility index (Phi) is 6.65. The van der Waals surface area contributed by atoms with Gasteiger partial charge in [0, 0.05) is 19.2 Å². The highest BCUT2D eigenvalue weighted by molar-refractivity contribution is 7.90. The van der Waals surface area contributed by atoms with Crippen LogP contribution in [-0.4, -0.2) is 50.9 Å². The number of carbonyl (C=O) groups excluding carboxylic acids is 1. The average Bonchev–Trinajstić information content (AvgIpc) is 2.88. The summed E-state index contributed by atoms with van der Waals surface area (Å²) in [6.07, 6.45) is 7.57. The number of furan rings is 1. The molecule has 1 atom stereocenters. The van der Waals surface area contributed by atoms with Crippen molar-refractivity contribution in [2.75, 3.05) is 31.6 Å². The van der Waals surface area contributed by atoms with Crippen LogP contribution in [-0.2, 0) is 14.6 Å². The van der Waals surface area contributed by atoms with Crippen molar-refractivity contribution < 1.29 is 17.6 Å². The van der Waals surface area contributed by atoms with E-state index in [9.17, 15) is 13.2 Å². The number of sulfone groups is 1. The number of nitrogens with zero attached hydrogens (tertiary/aromatic N) is 1. The topological polar surface area (TPSA) is 79.6 Å². The fraction of sp³-hybridized carbons (Fsp3) is 0.688. The summed E-state index contributed by atoms with van der Waals surface area (Å²) in [4.78, 5) is 14.2. The molecule has 23 heavy (non-hydrogen) atoms. The molecule has 1 aromatic heterocycles. The van der Waals surface area contributed by atoms with Crippen molar-refractivity contribution in [2.24, 2.45) is 0 Å². The van der Waals surface area contributed by atoms with Crippen molar-refractivity contribution in [3.05, 3.63) is 24.2 Å². The van der Waals surface area contributed by atoms with Crippen LogP contribution in [0.4, 0.5) is 0 Å². The molecular formula is C16H26N2O4S. The molecule has 0 aromatic carbocycles. The summed E-state index contributed by atoms with van der Waals surface area (Å²) in [5.41, 5.74) is 0. The molecule has 1 aliphatic heterocycles. The van der Waals surface area contributed by atoms with E-state index >= 15 is 0 Å². The minimum absolute atomic E-state index is 0.00368. The molecule has 1 aromatic rings. The minimum Gasteiger partial charge on any atom is -0.468 e. The maximum absolute atomic E-state index is 11.9. The van der Waals surface area contributed by atoms with Crippen LogP contribution in [0.5, 0.6) is 0 Å². The SMILES string of the molecule is CS(=O)(=O)CCC(=O)NCC(c1ccco1)N1CCCCCC1. The number of hydrogen-bond acceptors (Lipinski definition) is 5. The van der Waals surface area contributed by atoms with Gasteiger partial charge in [-0.2, -0.15) is 0 Å². The number of rotatable bonds is 7. The Morgan fingerprint density at radius 1 is 1.30 bits per heavy atom. The predicted octanol–water partition coefficient (Wildman–Crippen LogP) is 1.75. The summed E-state index contributed by atoms with van der Waals surface area (Å²) in [7, 11) is -3.12. The van der Waals surface area contributed by atoms with Crippen molar-refractivity contribution >= 4 is 15.7 Å². The third kappa shape index (κ3) is 6.35. The Morgan fingerprint density at radius 2 is 2.00 bits per heavy atom. The highest BCUT2D eigenvalue weighted by Crippen LogP contribution is 2.24. The van der Waals surface area contributed by atoms with Crippen molar-refractivity contribution in [3.8, 4) is 0 Å². The number of hydrogen-bond donors (Lipinski definition) is 1. The third-order valence-electron chi connectivity index (χ3n) is 4.15. The molecule has 6 nitrogen and oxygen atoms in total. The molecule has 1 fully saturated rings. The minimum atomic E-state index is -3.12. The maximum Gasteiger partial charge on any atom is 0.221 e. The van der Waals surface area contributed by atoms with Crippen molar-refractivity contribution in [1.29, 1.82) is 0 Å². The van der Waals surface area contributed by atoms with E-state index < -0.39 is 9.84 Å². The lowest BCUT2D eigenvalue weighted by Crippen LogP contribution is -2.38. The molecule has 1 amide bonds. The number of nitrogens with one attached hydrogen (secondary N) is 1. The quantitative estimate of drug-likeness (QED) is 0.816. The molecule has 1 N–H and O–H groups in total. The fourth-order valence-corrected chi connectivity index (χ4v) is 3.43. The van der Waals surface area contributed by atoms with Crippen LogP contribution in [0.25, 0.3) is 0 Å². The summed E-state index contributed by atoms with van der Waals surface area (Å²) < 4.78 is 27.8. The Labute approximate surface area is 138 Å². The summed E-state index contributed by atoms with van der Waals surface area (Å²) in [6.45, 7) is 2.42. The molecule has 2 heterocycles. The van der Waals surface area contributed by atoms with Gasteiger partial charge < -0.3 is 9.73 Å². The van der Waals surface area contributed by atoms with Gasteiger partial charge in [0.25, 0.3) is 0 Å². The average molecular weight is 342 g/mol. The Balaban J connectivity index is 1.94. The first-order chi connectivity index (χ1) is 11.0. The molecule has 1 unspecified atom stereocenters. The Hall–Kier alpha value is -1.34. The zero-order valence-electron chi connectivity index (χ0n) is 13.7. The van der Waals surface area contributed by atoms with E-state index in [1.807, 2.05) is 12.1 Å². The van der Waals surface area contributed by atoms with Gasteiger partial charge in [-0.25, -0.2) is 8.42 Å². The Morgan fingerprint density at radius 3 is 2.57 bits per heavy atom. The lowest BCUT2D eigenvalue weighted by Gasteiger charge is -2.29. The van der Waals surface area contributed by atoms with Crippen LogP contribution in [0.15, 0.2) is 22.8 Å². The first-order valence-corrected chi connectivity index (χ1v) is 10.2. The van der Waals surface area contributed by atoms with E-state index in [2.05, 4.69) is 10.2 Å². The normalized spacial score (nSPS) is 18.3. The summed E-state index contributed by atoms with van der Waals surface area (Å²) in [6, 6.07) is 3.79. The molecule has 0 saturated carbocycles. The standard InChI is InChI=1S/C16H26N2O4S/c1-23(20,21)12-8-16(19)17-13-14(15-7-6-11-22-15)18-9-4-2-3-5-10-18/h6-7,11,14H,2-5,8-10,12-13H2,1H3,(H,17,19). The third-order valence-corrected chi connectivity index (χ3v) is 5.09. The molecule has 7 heteroatoms. The molecule has 0 bridgehead atoms. The predicted molar refractivity (Wildman–Crippen MR) is 88.8 cm³/mol. The fourth-order valence-electron chi connectivity index (χ4n) is 2.87. The van der Waals surface area contributed by atoms with Crippen LogP contribution in [0.2, 0.25) is 0 Å². The number of likely N-dealkylation sites (tertiary alicyclic amines) is 1. The van der Waals surface area contributed by atoms with Gasteiger partial charge in [0.15, 0.2) is 0 Å². The first-order valence-electron chi connectivity index (χ1n) is 8.17. The van der Waals surface area contributed by atoms with Gasteiger partial charge in [0.1, 0.15) is 15.6 Å².